The first-order valence-electron chi connectivity index (χ1n) is 7.48. The average molecular weight is 326 g/mol. The Balaban J connectivity index is 1.87. The van der Waals surface area contributed by atoms with Crippen molar-refractivity contribution in [1.82, 2.24) is 20.2 Å². The summed E-state index contributed by atoms with van der Waals surface area (Å²) in [6, 6.07) is 5.43. The van der Waals surface area contributed by atoms with Gasteiger partial charge in [0.05, 0.1) is 24.5 Å². The van der Waals surface area contributed by atoms with Gasteiger partial charge in [-0.05, 0) is 6.07 Å². The van der Waals surface area contributed by atoms with Gasteiger partial charge in [0.25, 0.3) is 0 Å². The summed E-state index contributed by atoms with van der Waals surface area (Å²) in [5, 5.41) is 13.8. The highest BCUT2D eigenvalue weighted by Gasteiger charge is 2.11. The van der Waals surface area contributed by atoms with Crippen molar-refractivity contribution in [3.05, 3.63) is 30.7 Å². The molecular weight excluding hydrogens is 308 g/mol. The molecule has 0 saturated carbocycles. The van der Waals surface area contributed by atoms with E-state index in [9.17, 15) is 4.79 Å². The van der Waals surface area contributed by atoms with Gasteiger partial charge in [0.1, 0.15) is 23.7 Å². The standard InChI is InChI=1S/C16H18N6O2/c1-9(2)16(23)21-15-6-14(17-8-18-15)20-12-4-10-7-19-22-11(10)5-13(12)24-3/h4-9H,1-3H3,(H,19,22)(H2,17,18,20,21,23). The quantitative estimate of drug-likeness (QED) is 0.666. The van der Waals surface area contributed by atoms with E-state index in [0.29, 0.717) is 17.4 Å². The number of methoxy groups -OCH3 is 1. The van der Waals surface area contributed by atoms with Crippen LogP contribution in [0.4, 0.5) is 17.3 Å². The monoisotopic (exact) mass is 326 g/mol. The van der Waals surface area contributed by atoms with Crippen molar-refractivity contribution in [3.63, 3.8) is 0 Å². The summed E-state index contributed by atoms with van der Waals surface area (Å²) < 4.78 is 5.40. The van der Waals surface area contributed by atoms with Gasteiger partial charge in [-0.1, -0.05) is 13.8 Å². The second kappa shape index (κ2) is 6.53. The second-order valence-corrected chi connectivity index (χ2v) is 5.57. The van der Waals surface area contributed by atoms with E-state index in [1.165, 1.54) is 6.33 Å². The van der Waals surface area contributed by atoms with E-state index in [4.69, 9.17) is 4.74 Å². The zero-order valence-electron chi connectivity index (χ0n) is 13.6. The largest absolute Gasteiger partial charge is 0.494 e. The number of carbonyl (C=O) groups is 1. The van der Waals surface area contributed by atoms with Crippen molar-refractivity contribution in [3.8, 4) is 5.75 Å². The van der Waals surface area contributed by atoms with Crippen LogP contribution in [0.15, 0.2) is 30.7 Å². The number of amides is 1. The smallest absolute Gasteiger partial charge is 0.228 e. The fraction of sp³-hybridized carbons (Fsp3) is 0.250. The van der Waals surface area contributed by atoms with E-state index in [2.05, 4.69) is 30.8 Å². The molecule has 1 aromatic carbocycles. The van der Waals surface area contributed by atoms with Crippen LogP contribution >= 0.6 is 0 Å². The van der Waals surface area contributed by atoms with Gasteiger partial charge in [-0.15, -0.1) is 0 Å². The molecule has 124 valence electrons. The first-order chi connectivity index (χ1) is 11.6. The summed E-state index contributed by atoms with van der Waals surface area (Å²) in [5.74, 6) is 1.41. The van der Waals surface area contributed by atoms with Crippen LogP contribution in [0.25, 0.3) is 10.9 Å². The van der Waals surface area contributed by atoms with Crippen molar-refractivity contribution in [2.45, 2.75) is 13.8 Å². The van der Waals surface area contributed by atoms with E-state index in [0.717, 1.165) is 16.6 Å². The molecule has 8 heteroatoms. The van der Waals surface area contributed by atoms with Gasteiger partial charge in [-0.25, -0.2) is 9.97 Å². The molecule has 24 heavy (non-hydrogen) atoms. The Morgan fingerprint density at radius 3 is 2.75 bits per heavy atom. The molecule has 0 spiro atoms. The van der Waals surface area contributed by atoms with Crippen LogP contribution in [0, 0.1) is 5.92 Å². The number of H-pyrrole nitrogens is 1. The molecule has 0 aliphatic rings. The van der Waals surface area contributed by atoms with Gasteiger partial charge in [-0.2, -0.15) is 5.10 Å². The maximum absolute atomic E-state index is 11.8. The summed E-state index contributed by atoms with van der Waals surface area (Å²) in [5.41, 5.74) is 1.62. The third kappa shape index (κ3) is 3.27. The van der Waals surface area contributed by atoms with Crippen molar-refractivity contribution in [2.75, 3.05) is 17.7 Å². The Morgan fingerprint density at radius 2 is 2.00 bits per heavy atom. The molecule has 2 heterocycles. The number of nitrogens with one attached hydrogen (secondary N) is 3. The lowest BCUT2D eigenvalue weighted by Crippen LogP contribution is -2.18. The zero-order valence-corrected chi connectivity index (χ0v) is 13.6. The van der Waals surface area contributed by atoms with E-state index >= 15 is 0 Å². The third-order valence-corrected chi connectivity index (χ3v) is 3.47. The minimum atomic E-state index is -0.125. The van der Waals surface area contributed by atoms with Crippen molar-refractivity contribution < 1.29 is 9.53 Å². The van der Waals surface area contributed by atoms with Gasteiger partial charge in [0, 0.05) is 23.4 Å². The Kier molecular flexibility index (Phi) is 4.28. The Labute approximate surface area is 138 Å². The lowest BCUT2D eigenvalue weighted by molar-refractivity contribution is -0.118. The molecule has 3 rings (SSSR count). The van der Waals surface area contributed by atoms with Crippen LogP contribution in [-0.4, -0.2) is 33.2 Å². The molecule has 0 unspecified atom stereocenters. The van der Waals surface area contributed by atoms with Crippen LogP contribution in [0.5, 0.6) is 5.75 Å². The molecule has 2 aromatic heterocycles. The van der Waals surface area contributed by atoms with Crippen LogP contribution in [0.1, 0.15) is 13.8 Å². The Bertz CT molecular complexity index is 874. The van der Waals surface area contributed by atoms with Gasteiger partial charge < -0.3 is 15.4 Å². The number of rotatable bonds is 5. The molecule has 0 saturated heterocycles. The summed E-state index contributed by atoms with van der Waals surface area (Å²) >= 11 is 0. The average Bonchev–Trinajstić information content (AvgIpc) is 3.01. The molecule has 0 fully saturated rings. The predicted octanol–water partition coefficient (Wildman–Crippen LogP) is 2.70. The first-order valence-corrected chi connectivity index (χ1v) is 7.48. The minimum absolute atomic E-state index is 0.1000. The van der Waals surface area contributed by atoms with Gasteiger partial charge in [0.2, 0.25) is 5.91 Å². The molecule has 3 N–H and O–H groups in total. The Morgan fingerprint density at radius 1 is 1.21 bits per heavy atom. The Hall–Kier alpha value is -3.16. The maximum Gasteiger partial charge on any atom is 0.228 e. The number of carbonyl (C=O) groups excluding carboxylic acids is 1. The SMILES string of the molecule is COc1cc2[nH]ncc2cc1Nc1cc(NC(=O)C(C)C)ncn1. The lowest BCUT2D eigenvalue weighted by atomic mass is 10.2. The van der Waals surface area contributed by atoms with E-state index in [1.54, 1.807) is 19.4 Å². The molecular formula is C16H18N6O2. The highest BCUT2D eigenvalue weighted by molar-refractivity contribution is 5.91. The van der Waals surface area contributed by atoms with E-state index in [1.807, 2.05) is 26.0 Å². The summed E-state index contributed by atoms with van der Waals surface area (Å²) in [6.07, 6.45) is 3.12. The highest BCUT2D eigenvalue weighted by Crippen LogP contribution is 2.31. The van der Waals surface area contributed by atoms with Crippen LogP contribution in [0.3, 0.4) is 0 Å². The van der Waals surface area contributed by atoms with Crippen molar-refractivity contribution >= 4 is 34.1 Å². The zero-order chi connectivity index (χ0) is 17.1. The lowest BCUT2D eigenvalue weighted by Gasteiger charge is -2.12. The van der Waals surface area contributed by atoms with Crippen molar-refractivity contribution in [1.29, 1.82) is 0 Å². The van der Waals surface area contributed by atoms with E-state index < -0.39 is 0 Å². The summed E-state index contributed by atoms with van der Waals surface area (Å²) in [6.45, 7) is 3.64. The van der Waals surface area contributed by atoms with Crippen LogP contribution < -0.4 is 15.4 Å². The summed E-state index contributed by atoms with van der Waals surface area (Å²) in [7, 11) is 1.59. The van der Waals surface area contributed by atoms with Gasteiger partial charge in [0.15, 0.2) is 0 Å². The molecule has 8 nitrogen and oxygen atoms in total. The van der Waals surface area contributed by atoms with Gasteiger partial charge in [-0.3, -0.25) is 9.89 Å². The molecule has 3 aromatic rings. The number of hydrogen-bond donors (Lipinski definition) is 3. The van der Waals surface area contributed by atoms with Crippen molar-refractivity contribution in [2.24, 2.45) is 5.92 Å². The molecule has 0 bridgehead atoms. The maximum atomic E-state index is 11.8. The highest BCUT2D eigenvalue weighted by atomic mass is 16.5. The molecule has 0 aliphatic heterocycles. The number of ether oxygens (including phenoxy) is 1. The number of nitrogens with zero attached hydrogens (tertiary/aromatic N) is 3. The molecule has 0 aliphatic carbocycles. The van der Waals surface area contributed by atoms with E-state index in [-0.39, 0.29) is 11.8 Å². The molecule has 1 amide bonds. The first kappa shape index (κ1) is 15.7. The second-order valence-electron chi connectivity index (χ2n) is 5.57. The van der Waals surface area contributed by atoms with Gasteiger partial charge >= 0.3 is 0 Å². The third-order valence-electron chi connectivity index (χ3n) is 3.47. The van der Waals surface area contributed by atoms with Crippen LogP contribution in [0.2, 0.25) is 0 Å². The molecule has 0 radical (unpaired) electrons. The number of fused-ring (bicyclic) bond motifs is 1. The fourth-order valence-corrected chi connectivity index (χ4v) is 2.14. The number of hydrogen-bond acceptors (Lipinski definition) is 6. The molecule has 0 atom stereocenters. The number of aromatic amines is 1. The summed E-state index contributed by atoms with van der Waals surface area (Å²) in [4.78, 5) is 20.0. The van der Waals surface area contributed by atoms with Crippen LogP contribution in [-0.2, 0) is 4.79 Å². The number of aromatic nitrogens is 4. The fourth-order valence-electron chi connectivity index (χ4n) is 2.14. The normalized spacial score (nSPS) is 10.8. The number of anilines is 3. The topological polar surface area (TPSA) is 105 Å². The minimum Gasteiger partial charge on any atom is -0.494 e. The predicted molar refractivity (Wildman–Crippen MR) is 91.4 cm³/mol. The number of benzene rings is 1.